The molecule has 0 N–H and O–H groups in total. The molecular formula is C14H17F3. The zero-order chi connectivity index (χ0) is 12.3. The summed E-state index contributed by atoms with van der Waals surface area (Å²) >= 11 is 0. The van der Waals surface area contributed by atoms with Gasteiger partial charge in [-0.3, -0.25) is 0 Å². The maximum Gasteiger partial charge on any atom is 0.391 e. The van der Waals surface area contributed by atoms with Crippen molar-refractivity contribution in [2.75, 3.05) is 0 Å². The first kappa shape index (κ1) is 12.5. The molecule has 17 heavy (non-hydrogen) atoms. The van der Waals surface area contributed by atoms with Gasteiger partial charge in [0.2, 0.25) is 0 Å². The molecule has 1 aromatic carbocycles. The third-order valence-corrected chi connectivity index (χ3v) is 3.68. The predicted octanol–water partition coefficient (Wildman–Crippen LogP) is 4.60. The first-order valence-electron chi connectivity index (χ1n) is 6.16. The van der Waals surface area contributed by atoms with Crippen molar-refractivity contribution in [1.29, 1.82) is 0 Å². The Kier molecular flexibility index (Phi) is 3.75. The van der Waals surface area contributed by atoms with E-state index in [2.05, 4.69) is 12.1 Å². The van der Waals surface area contributed by atoms with E-state index in [-0.39, 0.29) is 0 Å². The lowest BCUT2D eigenvalue weighted by Crippen LogP contribution is -2.28. The van der Waals surface area contributed by atoms with E-state index in [0.717, 1.165) is 6.42 Å². The van der Waals surface area contributed by atoms with Gasteiger partial charge in [0.1, 0.15) is 0 Å². The van der Waals surface area contributed by atoms with Gasteiger partial charge in [0.15, 0.2) is 0 Å². The largest absolute Gasteiger partial charge is 0.391 e. The molecule has 1 aromatic rings. The van der Waals surface area contributed by atoms with Gasteiger partial charge >= 0.3 is 6.18 Å². The Balaban J connectivity index is 1.84. The molecule has 94 valence electrons. The second kappa shape index (κ2) is 5.11. The summed E-state index contributed by atoms with van der Waals surface area (Å²) in [5, 5.41) is 0. The van der Waals surface area contributed by atoms with Crippen molar-refractivity contribution in [2.45, 2.75) is 38.3 Å². The van der Waals surface area contributed by atoms with Crippen molar-refractivity contribution in [3.63, 3.8) is 0 Å². The standard InChI is InChI=1S/C14H17F3/c15-14(16,17)13-8-6-12(7-9-13)10-11-4-2-1-3-5-11/h1-5,12-13H,6-10H2. The van der Waals surface area contributed by atoms with Crippen LogP contribution in [0.1, 0.15) is 31.2 Å². The smallest absolute Gasteiger partial charge is 0.171 e. The fourth-order valence-electron chi connectivity index (χ4n) is 2.64. The van der Waals surface area contributed by atoms with E-state index in [1.807, 2.05) is 18.2 Å². The molecule has 1 aliphatic carbocycles. The van der Waals surface area contributed by atoms with Crippen molar-refractivity contribution in [2.24, 2.45) is 11.8 Å². The molecular weight excluding hydrogens is 225 g/mol. The van der Waals surface area contributed by atoms with Crippen LogP contribution in [0.3, 0.4) is 0 Å². The molecule has 0 nitrogen and oxygen atoms in total. The molecule has 3 heteroatoms. The summed E-state index contributed by atoms with van der Waals surface area (Å²) in [5.41, 5.74) is 1.24. The Morgan fingerprint density at radius 3 is 2.06 bits per heavy atom. The summed E-state index contributed by atoms with van der Waals surface area (Å²) in [7, 11) is 0. The molecule has 0 heterocycles. The molecule has 0 saturated heterocycles. The summed E-state index contributed by atoms with van der Waals surface area (Å²) in [5.74, 6) is -0.634. The SMILES string of the molecule is FC(F)(F)C1CCC(Cc2ccccc2)CC1. The summed E-state index contributed by atoms with van der Waals surface area (Å²) in [6, 6.07) is 10.0. The lowest BCUT2D eigenvalue weighted by Gasteiger charge is -2.29. The Morgan fingerprint density at radius 1 is 0.941 bits per heavy atom. The normalized spacial score (nSPS) is 25.8. The number of alkyl halides is 3. The molecule has 0 aromatic heterocycles. The van der Waals surface area contributed by atoms with Crippen LogP contribution in [-0.4, -0.2) is 6.18 Å². The van der Waals surface area contributed by atoms with E-state index < -0.39 is 12.1 Å². The van der Waals surface area contributed by atoms with Crippen LogP contribution in [0.5, 0.6) is 0 Å². The first-order valence-corrected chi connectivity index (χ1v) is 6.16. The molecule has 2 rings (SSSR count). The highest BCUT2D eigenvalue weighted by Gasteiger charge is 2.41. The molecule has 0 amide bonds. The van der Waals surface area contributed by atoms with Crippen LogP contribution >= 0.6 is 0 Å². The average molecular weight is 242 g/mol. The fourth-order valence-corrected chi connectivity index (χ4v) is 2.64. The van der Waals surface area contributed by atoms with Crippen LogP contribution in [0.4, 0.5) is 13.2 Å². The van der Waals surface area contributed by atoms with Gasteiger partial charge in [-0.2, -0.15) is 13.2 Å². The average Bonchev–Trinajstić information content (AvgIpc) is 2.30. The van der Waals surface area contributed by atoms with Gasteiger partial charge in [0, 0.05) is 0 Å². The van der Waals surface area contributed by atoms with Crippen molar-refractivity contribution >= 4 is 0 Å². The lowest BCUT2D eigenvalue weighted by atomic mass is 9.79. The van der Waals surface area contributed by atoms with Crippen LogP contribution in [0.25, 0.3) is 0 Å². The van der Waals surface area contributed by atoms with Gasteiger partial charge < -0.3 is 0 Å². The quantitative estimate of drug-likeness (QED) is 0.711. The molecule has 0 spiro atoms. The molecule has 0 atom stereocenters. The first-order chi connectivity index (χ1) is 8.05. The number of halogens is 3. The van der Waals surface area contributed by atoms with E-state index in [1.54, 1.807) is 0 Å². The Bertz CT molecular complexity index is 334. The predicted molar refractivity (Wildman–Crippen MR) is 61.6 cm³/mol. The summed E-state index contributed by atoms with van der Waals surface area (Å²) in [6.45, 7) is 0. The second-order valence-electron chi connectivity index (χ2n) is 4.95. The minimum atomic E-state index is -3.99. The van der Waals surface area contributed by atoms with Gasteiger partial charge in [-0.05, 0) is 43.6 Å². The van der Waals surface area contributed by atoms with E-state index in [0.29, 0.717) is 31.6 Å². The second-order valence-corrected chi connectivity index (χ2v) is 4.95. The van der Waals surface area contributed by atoms with Crippen LogP contribution in [0.2, 0.25) is 0 Å². The van der Waals surface area contributed by atoms with E-state index in [9.17, 15) is 13.2 Å². The highest BCUT2D eigenvalue weighted by Crippen LogP contribution is 2.40. The third-order valence-electron chi connectivity index (χ3n) is 3.68. The van der Waals surface area contributed by atoms with E-state index in [1.165, 1.54) is 5.56 Å². The monoisotopic (exact) mass is 242 g/mol. The number of hydrogen-bond acceptors (Lipinski definition) is 0. The van der Waals surface area contributed by atoms with Crippen LogP contribution in [-0.2, 0) is 6.42 Å². The molecule has 1 aliphatic rings. The lowest BCUT2D eigenvalue weighted by molar-refractivity contribution is -0.183. The number of rotatable bonds is 2. The van der Waals surface area contributed by atoms with Crippen molar-refractivity contribution in [1.82, 2.24) is 0 Å². The van der Waals surface area contributed by atoms with E-state index in [4.69, 9.17) is 0 Å². The highest BCUT2D eigenvalue weighted by atomic mass is 19.4. The van der Waals surface area contributed by atoms with Crippen molar-refractivity contribution in [3.8, 4) is 0 Å². The van der Waals surface area contributed by atoms with Gasteiger partial charge in [0.05, 0.1) is 5.92 Å². The number of benzene rings is 1. The summed E-state index contributed by atoms with van der Waals surface area (Å²) in [4.78, 5) is 0. The minimum Gasteiger partial charge on any atom is -0.171 e. The molecule has 0 aliphatic heterocycles. The molecule has 0 bridgehead atoms. The summed E-state index contributed by atoms with van der Waals surface area (Å²) < 4.78 is 37.5. The maximum atomic E-state index is 12.5. The Morgan fingerprint density at radius 2 is 1.53 bits per heavy atom. The van der Waals surface area contributed by atoms with Crippen molar-refractivity contribution in [3.05, 3.63) is 35.9 Å². The van der Waals surface area contributed by atoms with E-state index >= 15 is 0 Å². The zero-order valence-electron chi connectivity index (χ0n) is 9.71. The minimum absolute atomic E-state index is 0.307. The molecule has 1 fully saturated rings. The van der Waals surface area contributed by atoms with Crippen LogP contribution < -0.4 is 0 Å². The van der Waals surface area contributed by atoms with Gasteiger partial charge in [0.25, 0.3) is 0 Å². The Hall–Kier alpha value is -0.990. The molecule has 0 unspecified atom stereocenters. The summed E-state index contributed by atoms with van der Waals surface area (Å²) in [6.07, 6.45) is -1.04. The van der Waals surface area contributed by atoms with Crippen LogP contribution in [0, 0.1) is 11.8 Å². The number of hydrogen-bond donors (Lipinski definition) is 0. The topological polar surface area (TPSA) is 0 Å². The zero-order valence-corrected chi connectivity index (χ0v) is 9.71. The van der Waals surface area contributed by atoms with Gasteiger partial charge in [-0.25, -0.2) is 0 Å². The third kappa shape index (κ3) is 3.48. The fraction of sp³-hybridized carbons (Fsp3) is 0.571. The van der Waals surface area contributed by atoms with Gasteiger partial charge in [-0.15, -0.1) is 0 Å². The highest BCUT2D eigenvalue weighted by molar-refractivity contribution is 5.15. The maximum absolute atomic E-state index is 12.5. The molecule has 1 saturated carbocycles. The Labute approximate surface area is 99.8 Å². The van der Waals surface area contributed by atoms with Gasteiger partial charge in [-0.1, -0.05) is 30.3 Å². The van der Waals surface area contributed by atoms with Crippen LogP contribution in [0.15, 0.2) is 30.3 Å². The molecule has 0 radical (unpaired) electrons. The van der Waals surface area contributed by atoms with Crippen molar-refractivity contribution < 1.29 is 13.2 Å².